The molecule has 0 aromatic carbocycles. The quantitative estimate of drug-likeness (QED) is 0.518. The molecule has 1 aromatic heterocycles. The predicted octanol–water partition coefficient (Wildman–Crippen LogP) is 0.492. The fraction of sp³-hybridized carbons (Fsp3) is 0.556. The first-order valence-corrected chi connectivity index (χ1v) is 4.39. The van der Waals surface area contributed by atoms with Crippen molar-refractivity contribution in [3.05, 3.63) is 11.8 Å². The lowest BCUT2D eigenvalue weighted by Crippen LogP contribution is -2.15. The zero-order valence-electron chi connectivity index (χ0n) is 8.69. The number of carbonyl (C=O) groups excluding carboxylic acids is 1. The van der Waals surface area contributed by atoms with E-state index in [1.807, 2.05) is 14.1 Å². The second-order valence-electron chi connectivity index (χ2n) is 3.37. The number of hydrogen-bond acceptors (Lipinski definition) is 4. The number of aliphatic imine (C=N–C) groups is 1. The average Bonchev–Trinajstić information content (AvgIpc) is 2.45. The topological polar surface area (TPSA) is 50.5 Å². The summed E-state index contributed by atoms with van der Waals surface area (Å²) in [5, 5.41) is 4.22. The minimum atomic E-state index is 0.550. The van der Waals surface area contributed by atoms with Crippen LogP contribution < -0.4 is 0 Å². The van der Waals surface area contributed by atoms with Crippen LogP contribution in [0.5, 0.6) is 0 Å². The Labute approximate surface area is 83.0 Å². The fourth-order valence-corrected chi connectivity index (χ4v) is 1.13. The molecular formula is C9H14N4O. The number of nitrogens with zero attached hydrogens (tertiary/aromatic N) is 4. The molecule has 1 aromatic rings. The summed E-state index contributed by atoms with van der Waals surface area (Å²) < 4.78 is 1.58. The van der Waals surface area contributed by atoms with Crippen molar-refractivity contribution in [2.45, 2.75) is 6.42 Å². The summed E-state index contributed by atoms with van der Waals surface area (Å²) in [6, 6.07) is 1.80. The molecule has 0 atom stereocenters. The van der Waals surface area contributed by atoms with Gasteiger partial charge in [-0.15, -0.1) is 4.99 Å². The first kappa shape index (κ1) is 10.6. The molecule has 0 radical (unpaired) electrons. The molecule has 5 nitrogen and oxygen atoms in total. The van der Waals surface area contributed by atoms with E-state index in [1.54, 1.807) is 17.8 Å². The van der Waals surface area contributed by atoms with Crippen LogP contribution in [0.2, 0.25) is 0 Å². The van der Waals surface area contributed by atoms with E-state index in [2.05, 4.69) is 15.0 Å². The molecule has 1 rings (SSSR count). The van der Waals surface area contributed by atoms with Crippen molar-refractivity contribution < 1.29 is 4.79 Å². The maximum atomic E-state index is 10.1. The monoisotopic (exact) mass is 194 g/mol. The third kappa shape index (κ3) is 2.80. The lowest BCUT2D eigenvalue weighted by Gasteiger charge is -2.06. The molecule has 0 spiro atoms. The zero-order chi connectivity index (χ0) is 10.6. The van der Waals surface area contributed by atoms with Crippen LogP contribution in [0.25, 0.3) is 0 Å². The number of likely N-dealkylation sites (N-methyl/N-ethyl adjacent to an activating group) is 1. The van der Waals surface area contributed by atoms with Crippen molar-refractivity contribution in [2.24, 2.45) is 12.0 Å². The first-order chi connectivity index (χ1) is 6.63. The fourth-order valence-electron chi connectivity index (χ4n) is 1.13. The molecule has 0 unspecified atom stereocenters. The Hall–Kier alpha value is -1.45. The molecule has 14 heavy (non-hydrogen) atoms. The third-order valence-corrected chi connectivity index (χ3v) is 1.88. The largest absolute Gasteiger partial charge is 0.309 e. The van der Waals surface area contributed by atoms with E-state index in [-0.39, 0.29) is 0 Å². The Bertz CT molecular complexity index is 350. The predicted molar refractivity (Wildman–Crippen MR) is 53.2 cm³/mol. The summed E-state index contributed by atoms with van der Waals surface area (Å²) in [7, 11) is 5.77. The minimum absolute atomic E-state index is 0.550. The summed E-state index contributed by atoms with van der Waals surface area (Å²) in [6.07, 6.45) is 2.36. The van der Waals surface area contributed by atoms with Crippen LogP contribution in [0.4, 0.5) is 5.82 Å². The minimum Gasteiger partial charge on any atom is -0.309 e. The van der Waals surface area contributed by atoms with E-state index in [0.29, 0.717) is 5.82 Å². The van der Waals surface area contributed by atoms with Gasteiger partial charge in [-0.25, -0.2) is 9.48 Å². The Morgan fingerprint density at radius 1 is 1.64 bits per heavy atom. The van der Waals surface area contributed by atoms with Gasteiger partial charge in [-0.3, -0.25) is 0 Å². The smallest absolute Gasteiger partial charge is 0.242 e. The van der Waals surface area contributed by atoms with Gasteiger partial charge in [0, 0.05) is 26.1 Å². The van der Waals surface area contributed by atoms with Gasteiger partial charge in [0.25, 0.3) is 0 Å². The van der Waals surface area contributed by atoms with E-state index in [4.69, 9.17) is 0 Å². The van der Waals surface area contributed by atoms with E-state index >= 15 is 0 Å². The number of hydrogen-bond donors (Lipinski definition) is 0. The SMILES string of the molecule is CN(C)CCc1cc(N=C=O)n(C)n1. The molecule has 0 saturated carbocycles. The number of rotatable bonds is 4. The third-order valence-electron chi connectivity index (χ3n) is 1.88. The standard InChI is InChI=1S/C9H14N4O/c1-12(2)5-4-8-6-9(10-7-14)13(3)11-8/h6H,4-5H2,1-3H3. The van der Waals surface area contributed by atoms with E-state index in [9.17, 15) is 4.79 Å². The van der Waals surface area contributed by atoms with Crippen LogP contribution in [0.3, 0.4) is 0 Å². The van der Waals surface area contributed by atoms with E-state index < -0.39 is 0 Å². The Kier molecular flexibility index (Phi) is 3.56. The molecule has 0 aliphatic heterocycles. The molecule has 0 aliphatic carbocycles. The van der Waals surface area contributed by atoms with Crippen molar-refractivity contribution in [2.75, 3.05) is 20.6 Å². The Morgan fingerprint density at radius 3 is 2.93 bits per heavy atom. The maximum absolute atomic E-state index is 10.1. The van der Waals surface area contributed by atoms with E-state index in [0.717, 1.165) is 18.7 Å². The van der Waals surface area contributed by atoms with Gasteiger partial charge >= 0.3 is 0 Å². The molecular weight excluding hydrogens is 180 g/mol. The zero-order valence-corrected chi connectivity index (χ0v) is 8.69. The van der Waals surface area contributed by atoms with Crippen molar-refractivity contribution in [3.8, 4) is 0 Å². The van der Waals surface area contributed by atoms with Gasteiger partial charge in [-0.05, 0) is 14.1 Å². The van der Waals surface area contributed by atoms with E-state index in [1.165, 1.54) is 6.08 Å². The molecule has 0 aliphatic rings. The Balaban J connectivity index is 2.70. The lowest BCUT2D eigenvalue weighted by atomic mass is 10.3. The summed E-state index contributed by atoms with van der Waals surface area (Å²) in [4.78, 5) is 15.7. The molecule has 5 heteroatoms. The van der Waals surface area contributed by atoms with Gasteiger partial charge in [0.2, 0.25) is 6.08 Å². The molecule has 0 amide bonds. The van der Waals surface area contributed by atoms with Crippen molar-refractivity contribution >= 4 is 11.9 Å². The van der Waals surface area contributed by atoms with Crippen molar-refractivity contribution in [1.82, 2.24) is 14.7 Å². The van der Waals surface area contributed by atoms with Gasteiger partial charge in [-0.1, -0.05) is 0 Å². The summed E-state index contributed by atoms with van der Waals surface area (Å²) in [6.45, 7) is 0.932. The van der Waals surface area contributed by atoms with Crippen LogP contribution in [0.15, 0.2) is 11.1 Å². The summed E-state index contributed by atoms with van der Waals surface area (Å²) >= 11 is 0. The second-order valence-corrected chi connectivity index (χ2v) is 3.37. The molecule has 0 fully saturated rings. The number of aromatic nitrogens is 2. The highest BCUT2D eigenvalue weighted by atomic mass is 16.1. The highest BCUT2D eigenvalue weighted by molar-refractivity contribution is 5.45. The van der Waals surface area contributed by atoms with Crippen molar-refractivity contribution in [1.29, 1.82) is 0 Å². The van der Waals surface area contributed by atoms with Crippen molar-refractivity contribution in [3.63, 3.8) is 0 Å². The highest BCUT2D eigenvalue weighted by Gasteiger charge is 2.03. The van der Waals surface area contributed by atoms with Gasteiger partial charge in [0.15, 0.2) is 5.82 Å². The van der Waals surface area contributed by atoms with Gasteiger partial charge in [-0.2, -0.15) is 5.10 Å². The Morgan fingerprint density at radius 2 is 2.36 bits per heavy atom. The number of isocyanates is 1. The maximum Gasteiger partial charge on any atom is 0.242 e. The van der Waals surface area contributed by atoms with Crippen LogP contribution >= 0.6 is 0 Å². The van der Waals surface area contributed by atoms with Crippen LogP contribution in [0, 0.1) is 0 Å². The number of aryl methyl sites for hydroxylation is 1. The highest BCUT2D eigenvalue weighted by Crippen LogP contribution is 2.12. The normalized spacial score (nSPS) is 10.3. The molecule has 0 N–H and O–H groups in total. The van der Waals surface area contributed by atoms with Crippen LogP contribution in [0.1, 0.15) is 5.69 Å². The first-order valence-electron chi connectivity index (χ1n) is 4.39. The van der Waals surface area contributed by atoms with Crippen LogP contribution in [-0.2, 0) is 18.3 Å². The molecule has 76 valence electrons. The van der Waals surface area contributed by atoms with Crippen LogP contribution in [-0.4, -0.2) is 41.4 Å². The lowest BCUT2D eigenvalue weighted by molar-refractivity contribution is 0.411. The average molecular weight is 194 g/mol. The molecule has 0 bridgehead atoms. The summed E-state index contributed by atoms with van der Waals surface area (Å²) in [5.74, 6) is 0.550. The molecule has 0 saturated heterocycles. The van der Waals surface area contributed by atoms with Gasteiger partial charge in [0.05, 0.1) is 5.69 Å². The summed E-state index contributed by atoms with van der Waals surface area (Å²) in [5.41, 5.74) is 0.940. The molecule has 1 heterocycles. The second kappa shape index (κ2) is 4.69. The van der Waals surface area contributed by atoms with Gasteiger partial charge in [0.1, 0.15) is 0 Å². The van der Waals surface area contributed by atoms with Gasteiger partial charge < -0.3 is 4.90 Å².